The van der Waals surface area contributed by atoms with E-state index in [0.29, 0.717) is 10.9 Å². The van der Waals surface area contributed by atoms with E-state index in [4.69, 9.17) is 21.6 Å². The van der Waals surface area contributed by atoms with Gasteiger partial charge in [0, 0.05) is 5.39 Å². The van der Waals surface area contributed by atoms with Crippen molar-refractivity contribution in [2.75, 3.05) is 0 Å². The summed E-state index contributed by atoms with van der Waals surface area (Å²) in [5.41, 5.74) is 0.198. The molecule has 0 aromatic carbocycles. The highest BCUT2D eigenvalue weighted by atomic mass is 35.5. The van der Waals surface area contributed by atoms with Gasteiger partial charge in [-0.1, -0.05) is 11.6 Å². The second kappa shape index (κ2) is 5.10. The van der Waals surface area contributed by atoms with E-state index >= 15 is 0 Å². The molecular formula is C13H13ClN4O2. The van der Waals surface area contributed by atoms with E-state index in [9.17, 15) is 4.79 Å². The molecule has 0 spiro atoms. The number of carbonyl (C=O) groups excluding carboxylic acids is 1. The molecule has 2 aromatic rings. The molecule has 0 bridgehead atoms. The monoisotopic (exact) mass is 292 g/mol. The molecule has 0 aliphatic carbocycles. The van der Waals surface area contributed by atoms with Crippen molar-refractivity contribution in [1.29, 1.82) is 5.26 Å². The third kappa shape index (κ3) is 3.06. The van der Waals surface area contributed by atoms with Crippen LogP contribution in [-0.4, -0.2) is 26.3 Å². The number of nitrogens with zero attached hydrogens (tertiary/aromatic N) is 4. The summed E-state index contributed by atoms with van der Waals surface area (Å²) in [5.74, 6) is -0.429. The average molecular weight is 293 g/mol. The zero-order chi connectivity index (χ0) is 14.9. The summed E-state index contributed by atoms with van der Waals surface area (Å²) in [6, 6.07) is 3.52. The molecule has 0 fully saturated rings. The lowest BCUT2D eigenvalue weighted by molar-refractivity contribution is -0.155. The van der Waals surface area contributed by atoms with Crippen LogP contribution in [0.4, 0.5) is 0 Å². The highest BCUT2D eigenvalue weighted by Gasteiger charge is 2.19. The molecule has 2 heterocycles. The van der Waals surface area contributed by atoms with E-state index in [-0.39, 0.29) is 17.4 Å². The van der Waals surface area contributed by atoms with Crippen molar-refractivity contribution < 1.29 is 9.53 Å². The fraction of sp³-hybridized carbons (Fsp3) is 0.385. The molecule has 0 amide bonds. The van der Waals surface area contributed by atoms with Gasteiger partial charge in [-0.3, -0.25) is 9.48 Å². The van der Waals surface area contributed by atoms with Gasteiger partial charge in [0.2, 0.25) is 0 Å². The molecule has 0 aliphatic heterocycles. The Kier molecular flexibility index (Phi) is 3.64. The Morgan fingerprint density at radius 2 is 2.25 bits per heavy atom. The molecule has 0 saturated heterocycles. The zero-order valence-corrected chi connectivity index (χ0v) is 12.1. The van der Waals surface area contributed by atoms with Crippen LogP contribution < -0.4 is 0 Å². The highest BCUT2D eigenvalue weighted by molar-refractivity contribution is 6.30. The SMILES string of the molecule is CC(C)(C)OC(=O)Cn1nc(C#N)c2cc(Cl)ncc21. The zero-order valence-electron chi connectivity index (χ0n) is 11.3. The van der Waals surface area contributed by atoms with Crippen LogP contribution in [0.25, 0.3) is 10.9 Å². The number of esters is 1. The van der Waals surface area contributed by atoms with E-state index in [0.717, 1.165) is 0 Å². The first-order valence-electron chi connectivity index (χ1n) is 5.94. The second-order valence-electron chi connectivity index (χ2n) is 5.23. The molecule has 2 aromatic heterocycles. The summed E-state index contributed by atoms with van der Waals surface area (Å²) in [6.07, 6.45) is 1.48. The molecule has 104 valence electrons. The van der Waals surface area contributed by atoms with Gasteiger partial charge < -0.3 is 4.74 Å². The van der Waals surface area contributed by atoms with Gasteiger partial charge in [-0.2, -0.15) is 10.4 Å². The Bertz CT molecular complexity index is 709. The molecule has 0 N–H and O–H groups in total. The molecule has 0 saturated carbocycles. The summed E-state index contributed by atoms with van der Waals surface area (Å²) >= 11 is 5.80. The summed E-state index contributed by atoms with van der Waals surface area (Å²) in [6.45, 7) is 5.27. The molecule has 6 nitrogen and oxygen atoms in total. The lowest BCUT2D eigenvalue weighted by Gasteiger charge is -2.19. The fourth-order valence-corrected chi connectivity index (χ4v) is 1.90. The van der Waals surface area contributed by atoms with Gasteiger partial charge in [-0.25, -0.2) is 4.98 Å². The number of ether oxygens (including phenoxy) is 1. The smallest absolute Gasteiger partial charge is 0.328 e. The lowest BCUT2D eigenvalue weighted by atomic mass is 10.2. The maximum absolute atomic E-state index is 11.8. The maximum Gasteiger partial charge on any atom is 0.328 e. The Morgan fingerprint density at radius 1 is 1.55 bits per heavy atom. The minimum absolute atomic E-state index is 0.0846. The molecule has 0 radical (unpaired) electrons. The van der Waals surface area contributed by atoms with Crippen molar-refractivity contribution in [3.63, 3.8) is 0 Å². The first kappa shape index (κ1) is 14.3. The number of nitriles is 1. The topological polar surface area (TPSA) is 80.8 Å². The van der Waals surface area contributed by atoms with E-state index in [1.807, 2.05) is 6.07 Å². The van der Waals surface area contributed by atoms with Crippen LogP contribution in [0.5, 0.6) is 0 Å². The van der Waals surface area contributed by atoms with Crippen molar-refractivity contribution >= 4 is 28.5 Å². The third-order valence-corrected chi connectivity index (χ3v) is 2.61. The number of rotatable bonds is 2. The summed E-state index contributed by atoms with van der Waals surface area (Å²) in [4.78, 5) is 15.8. The number of fused-ring (bicyclic) bond motifs is 1. The van der Waals surface area contributed by atoms with Gasteiger partial charge in [0.1, 0.15) is 23.4 Å². The third-order valence-electron chi connectivity index (χ3n) is 2.41. The van der Waals surface area contributed by atoms with Crippen LogP contribution in [0, 0.1) is 11.3 Å². The predicted octanol–water partition coefficient (Wildman–Crippen LogP) is 2.30. The molecule has 20 heavy (non-hydrogen) atoms. The summed E-state index contributed by atoms with van der Waals surface area (Å²) in [7, 11) is 0. The standard InChI is InChI=1S/C13H13ClN4O2/c1-13(2,3)20-12(19)7-18-10-6-16-11(14)4-8(10)9(5-15)17-18/h4,6H,7H2,1-3H3. The first-order valence-corrected chi connectivity index (χ1v) is 6.32. The number of pyridine rings is 1. The van der Waals surface area contributed by atoms with Crippen LogP contribution in [0.15, 0.2) is 12.3 Å². The number of carbonyl (C=O) groups is 1. The Morgan fingerprint density at radius 3 is 2.85 bits per heavy atom. The fourth-order valence-electron chi connectivity index (χ4n) is 1.75. The van der Waals surface area contributed by atoms with Crippen molar-refractivity contribution in [1.82, 2.24) is 14.8 Å². The van der Waals surface area contributed by atoms with Crippen molar-refractivity contribution in [2.45, 2.75) is 32.9 Å². The maximum atomic E-state index is 11.8. The van der Waals surface area contributed by atoms with Crippen LogP contribution >= 0.6 is 11.6 Å². The Balaban J connectivity index is 2.36. The minimum Gasteiger partial charge on any atom is -0.459 e. The van der Waals surface area contributed by atoms with Crippen LogP contribution in [0.2, 0.25) is 5.15 Å². The van der Waals surface area contributed by atoms with E-state index in [1.165, 1.54) is 10.9 Å². The molecule has 0 atom stereocenters. The average Bonchev–Trinajstić information content (AvgIpc) is 2.64. The van der Waals surface area contributed by atoms with Crippen molar-refractivity contribution in [3.8, 4) is 6.07 Å². The number of hydrogen-bond donors (Lipinski definition) is 0. The van der Waals surface area contributed by atoms with Crippen LogP contribution in [-0.2, 0) is 16.1 Å². The minimum atomic E-state index is -0.570. The largest absolute Gasteiger partial charge is 0.459 e. The van der Waals surface area contributed by atoms with Gasteiger partial charge in [-0.05, 0) is 26.8 Å². The predicted molar refractivity (Wildman–Crippen MR) is 73.1 cm³/mol. The van der Waals surface area contributed by atoms with E-state index in [2.05, 4.69) is 10.1 Å². The molecule has 0 unspecified atom stereocenters. The second-order valence-corrected chi connectivity index (χ2v) is 5.62. The van der Waals surface area contributed by atoms with Gasteiger partial charge >= 0.3 is 5.97 Å². The van der Waals surface area contributed by atoms with Gasteiger partial charge in [-0.15, -0.1) is 0 Å². The summed E-state index contributed by atoms with van der Waals surface area (Å²) in [5, 5.41) is 14.0. The van der Waals surface area contributed by atoms with Crippen LogP contribution in [0.3, 0.4) is 0 Å². The quantitative estimate of drug-likeness (QED) is 0.626. The summed E-state index contributed by atoms with van der Waals surface area (Å²) < 4.78 is 6.62. The number of halogens is 1. The Labute approximate surface area is 120 Å². The van der Waals surface area contributed by atoms with Gasteiger partial charge in [0.15, 0.2) is 5.69 Å². The molecule has 0 aliphatic rings. The highest BCUT2D eigenvalue weighted by Crippen LogP contribution is 2.20. The Hall–Kier alpha value is -2.13. The van der Waals surface area contributed by atoms with Crippen molar-refractivity contribution in [2.24, 2.45) is 0 Å². The molecule has 2 rings (SSSR count). The first-order chi connectivity index (χ1) is 9.30. The van der Waals surface area contributed by atoms with E-state index in [1.54, 1.807) is 26.8 Å². The normalized spacial score (nSPS) is 11.3. The van der Waals surface area contributed by atoms with E-state index < -0.39 is 11.6 Å². The van der Waals surface area contributed by atoms with Crippen LogP contribution in [0.1, 0.15) is 26.5 Å². The van der Waals surface area contributed by atoms with Gasteiger partial charge in [0.25, 0.3) is 0 Å². The lowest BCUT2D eigenvalue weighted by Crippen LogP contribution is -2.26. The van der Waals surface area contributed by atoms with Crippen molar-refractivity contribution in [3.05, 3.63) is 23.1 Å². The number of hydrogen-bond acceptors (Lipinski definition) is 5. The number of aromatic nitrogens is 3. The molecule has 7 heteroatoms. The van der Waals surface area contributed by atoms with Gasteiger partial charge in [0.05, 0.1) is 11.7 Å². The molecular weight excluding hydrogens is 280 g/mol.